The molecule has 1 atom stereocenters. The first-order valence-corrected chi connectivity index (χ1v) is 9.08. The molecule has 0 spiro atoms. The molecule has 0 aromatic carbocycles. The third-order valence-corrected chi connectivity index (χ3v) is 4.21. The molecule has 0 aliphatic carbocycles. The number of alkyl carbamates (subject to hydrolysis) is 1. The average Bonchev–Trinajstić information content (AvgIpc) is 2.99. The second-order valence-electron chi connectivity index (χ2n) is 7.49. The van der Waals surface area contributed by atoms with Gasteiger partial charge in [-0.05, 0) is 40.0 Å². The van der Waals surface area contributed by atoms with Crippen molar-refractivity contribution in [1.82, 2.24) is 15.5 Å². The number of nitrogens with one attached hydrogen (secondary N) is 2. The standard InChI is InChI=1S/C18H32N4O3/c1-18(2,3)25-17(23)21-15-6-10-22(13-15)16(19-4)20-9-5-14-7-11-24-12-8-14/h7,15H,5-6,8-13H2,1-4H3,(H,19,20)(H,21,23). The molecule has 0 aromatic rings. The molecule has 0 radical (unpaired) electrons. The zero-order valence-corrected chi connectivity index (χ0v) is 15.9. The molecular weight excluding hydrogens is 320 g/mol. The number of ether oxygens (including phenoxy) is 2. The quantitative estimate of drug-likeness (QED) is 0.459. The fourth-order valence-corrected chi connectivity index (χ4v) is 3.00. The first-order chi connectivity index (χ1) is 11.9. The Bertz CT molecular complexity index is 511. The highest BCUT2D eigenvalue weighted by atomic mass is 16.6. The van der Waals surface area contributed by atoms with Crippen LogP contribution in [0.15, 0.2) is 16.6 Å². The van der Waals surface area contributed by atoms with Gasteiger partial charge in [-0.2, -0.15) is 0 Å². The first kappa shape index (κ1) is 19.6. The number of aliphatic imine (C=N–C) groups is 1. The van der Waals surface area contributed by atoms with E-state index in [2.05, 4.69) is 26.6 Å². The number of likely N-dealkylation sites (tertiary alicyclic amines) is 1. The predicted octanol–water partition coefficient (Wildman–Crippen LogP) is 1.90. The van der Waals surface area contributed by atoms with Gasteiger partial charge in [-0.25, -0.2) is 4.79 Å². The molecule has 1 unspecified atom stereocenters. The minimum atomic E-state index is -0.473. The highest BCUT2D eigenvalue weighted by Crippen LogP contribution is 2.13. The fraction of sp³-hybridized carbons (Fsp3) is 0.778. The lowest BCUT2D eigenvalue weighted by Gasteiger charge is -2.23. The van der Waals surface area contributed by atoms with Crippen LogP contribution < -0.4 is 10.6 Å². The molecule has 2 aliphatic heterocycles. The van der Waals surface area contributed by atoms with E-state index in [1.54, 1.807) is 7.05 Å². The van der Waals surface area contributed by atoms with Gasteiger partial charge in [0.05, 0.1) is 19.3 Å². The minimum absolute atomic E-state index is 0.0894. The zero-order chi connectivity index (χ0) is 18.3. The second-order valence-corrected chi connectivity index (χ2v) is 7.49. The molecule has 25 heavy (non-hydrogen) atoms. The summed E-state index contributed by atoms with van der Waals surface area (Å²) in [4.78, 5) is 18.4. The molecule has 2 heterocycles. The van der Waals surface area contributed by atoms with Gasteiger partial charge in [0.1, 0.15) is 5.60 Å². The van der Waals surface area contributed by atoms with Crippen molar-refractivity contribution in [3.63, 3.8) is 0 Å². The van der Waals surface area contributed by atoms with Crippen LogP contribution in [0.2, 0.25) is 0 Å². The third-order valence-electron chi connectivity index (χ3n) is 4.21. The summed E-state index contributed by atoms with van der Waals surface area (Å²) in [7, 11) is 1.80. The Morgan fingerprint density at radius 3 is 2.92 bits per heavy atom. The van der Waals surface area contributed by atoms with Gasteiger partial charge in [-0.15, -0.1) is 0 Å². The largest absolute Gasteiger partial charge is 0.444 e. The van der Waals surface area contributed by atoms with Crippen LogP contribution in [0.4, 0.5) is 4.79 Å². The van der Waals surface area contributed by atoms with Crippen molar-refractivity contribution in [3.05, 3.63) is 11.6 Å². The van der Waals surface area contributed by atoms with Crippen molar-refractivity contribution in [2.75, 3.05) is 39.9 Å². The molecule has 1 saturated heterocycles. The van der Waals surface area contributed by atoms with E-state index >= 15 is 0 Å². The molecule has 2 N–H and O–H groups in total. The van der Waals surface area contributed by atoms with Gasteiger partial charge in [0.25, 0.3) is 0 Å². The van der Waals surface area contributed by atoms with Crippen LogP contribution in [0.25, 0.3) is 0 Å². The van der Waals surface area contributed by atoms with E-state index in [0.29, 0.717) is 0 Å². The summed E-state index contributed by atoms with van der Waals surface area (Å²) in [5.41, 5.74) is 0.971. The van der Waals surface area contributed by atoms with Crippen molar-refractivity contribution in [2.45, 2.75) is 51.7 Å². The molecule has 7 nitrogen and oxygen atoms in total. The minimum Gasteiger partial charge on any atom is -0.444 e. The number of guanidine groups is 1. The van der Waals surface area contributed by atoms with Crippen molar-refractivity contribution >= 4 is 12.1 Å². The van der Waals surface area contributed by atoms with Gasteiger partial charge in [0.2, 0.25) is 0 Å². The van der Waals surface area contributed by atoms with Crippen LogP contribution in [-0.4, -0.2) is 68.5 Å². The van der Waals surface area contributed by atoms with Crippen LogP contribution in [0.5, 0.6) is 0 Å². The summed E-state index contributed by atoms with van der Waals surface area (Å²) in [6.45, 7) is 9.64. The number of carbonyl (C=O) groups excluding carboxylic acids is 1. The second kappa shape index (κ2) is 9.08. The highest BCUT2D eigenvalue weighted by Gasteiger charge is 2.27. The Labute approximate surface area is 150 Å². The molecule has 0 aromatic heterocycles. The number of hydrogen-bond acceptors (Lipinski definition) is 4. The number of carbonyl (C=O) groups is 1. The zero-order valence-electron chi connectivity index (χ0n) is 15.9. The van der Waals surface area contributed by atoms with E-state index in [0.717, 1.165) is 58.1 Å². The van der Waals surface area contributed by atoms with Gasteiger partial charge in [0, 0.05) is 26.7 Å². The number of rotatable bonds is 4. The number of amides is 1. The summed E-state index contributed by atoms with van der Waals surface area (Å²) in [5, 5.41) is 6.36. The topological polar surface area (TPSA) is 75.2 Å². The number of nitrogens with zero attached hydrogens (tertiary/aromatic N) is 2. The van der Waals surface area contributed by atoms with E-state index < -0.39 is 5.60 Å². The van der Waals surface area contributed by atoms with Crippen molar-refractivity contribution in [1.29, 1.82) is 0 Å². The normalized spacial score (nSPS) is 21.8. The lowest BCUT2D eigenvalue weighted by atomic mass is 10.1. The Kier molecular flexibility index (Phi) is 7.11. The molecule has 7 heteroatoms. The van der Waals surface area contributed by atoms with Crippen LogP contribution >= 0.6 is 0 Å². The maximum Gasteiger partial charge on any atom is 0.407 e. The molecule has 2 aliphatic rings. The van der Waals surface area contributed by atoms with E-state index in [4.69, 9.17) is 9.47 Å². The van der Waals surface area contributed by atoms with E-state index in [1.807, 2.05) is 20.8 Å². The van der Waals surface area contributed by atoms with Crippen molar-refractivity contribution < 1.29 is 14.3 Å². The summed E-state index contributed by atoms with van der Waals surface area (Å²) >= 11 is 0. The predicted molar refractivity (Wildman–Crippen MR) is 98.8 cm³/mol. The molecule has 1 amide bonds. The third kappa shape index (κ3) is 6.94. The van der Waals surface area contributed by atoms with Crippen molar-refractivity contribution in [3.8, 4) is 0 Å². The van der Waals surface area contributed by atoms with Gasteiger partial charge in [0.15, 0.2) is 5.96 Å². The van der Waals surface area contributed by atoms with E-state index in [9.17, 15) is 4.79 Å². The molecular formula is C18H32N4O3. The van der Waals surface area contributed by atoms with Gasteiger partial charge in [-0.1, -0.05) is 11.6 Å². The van der Waals surface area contributed by atoms with E-state index in [-0.39, 0.29) is 12.1 Å². The molecule has 0 bridgehead atoms. The molecule has 142 valence electrons. The Balaban J connectivity index is 1.73. The average molecular weight is 352 g/mol. The summed E-state index contributed by atoms with van der Waals surface area (Å²) in [6, 6.07) is 0.0894. The van der Waals surface area contributed by atoms with Gasteiger partial charge >= 0.3 is 6.09 Å². The Hall–Kier alpha value is -1.76. The summed E-state index contributed by atoms with van der Waals surface area (Å²) < 4.78 is 10.7. The lowest BCUT2D eigenvalue weighted by Crippen LogP contribution is -2.44. The molecule has 1 fully saturated rings. The number of hydrogen-bond donors (Lipinski definition) is 2. The fourth-order valence-electron chi connectivity index (χ4n) is 3.00. The highest BCUT2D eigenvalue weighted by molar-refractivity contribution is 5.80. The van der Waals surface area contributed by atoms with Crippen LogP contribution in [-0.2, 0) is 9.47 Å². The van der Waals surface area contributed by atoms with E-state index in [1.165, 1.54) is 5.57 Å². The summed E-state index contributed by atoms with van der Waals surface area (Å²) in [6.07, 6.45) is 4.74. The van der Waals surface area contributed by atoms with Crippen molar-refractivity contribution in [2.24, 2.45) is 4.99 Å². The SMILES string of the molecule is CN=C(NCCC1=CCOCC1)N1CCC(NC(=O)OC(C)(C)C)C1. The lowest BCUT2D eigenvalue weighted by molar-refractivity contribution is 0.0507. The smallest absolute Gasteiger partial charge is 0.407 e. The van der Waals surface area contributed by atoms with Crippen LogP contribution in [0, 0.1) is 0 Å². The maximum atomic E-state index is 11.9. The van der Waals surface area contributed by atoms with Gasteiger partial charge in [-0.3, -0.25) is 4.99 Å². The molecule has 0 saturated carbocycles. The monoisotopic (exact) mass is 352 g/mol. The molecule has 2 rings (SSSR count). The Morgan fingerprint density at radius 2 is 2.28 bits per heavy atom. The summed E-state index contributed by atoms with van der Waals surface area (Å²) in [5.74, 6) is 0.890. The maximum absolute atomic E-state index is 11.9. The first-order valence-electron chi connectivity index (χ1n) is 9.08. The van der Waals surface area contributed by atoms with Gasteiger partial charge < -0.3 is 25.0 Å². The van der Waals surface area contributed by atoms with Crippen LogP contribution in [0.3, 0.4) is 0 Å². The van der Waals surface area contributed by atoms with Crippen LogP contribution in [0.1, 0.15) is 40.0 Å². The Morgan fingerprint density at radius 1 is 1.48 bits per heavy atom.